The SMILES string of the molecule is COc1cc(C)sc1C(=O)NCCNC1CCCCCC1. The number of carbonyl (C=O) groups excluding carboxylic acids is 1. The highest BCUT2D eigenvalue weighted by atomic mass is 32.1. The Morgan fingerprint density at radius 3 is 2.67 bits per heavy atom. The molecule has 0 atom stereocenters. The molecule has 1 aliphatic rings. The molecule has 0 spiro atoms. The monoisotopic (exact) mass is 310 g/mol. The highest BCUT2D eigenvalue weighted by Gasteiger charge is 2.15. The molecule has 1 fully saturated rings. The smallest absolute Gasteiger partial charge is 0.265 e. The van der Waals surface area contributed by atoms with Crippen molar-refractivity contribution in [2.24, 2.45) is 0 Å². The minimum absolute atomic E-state index is 0.0346. The molecule has 1 aromatic heterocycles. The van der Waals surface area contributed by atoms with E-state index in [4.69, 9.17) is 4.74 Å². The molecule has 0 aromatic carbocycles. The van der Waals surface area contributed by atoms with Gasteiger partial charge in [-0.25, -0.2) is 0 Å². The molecule has 1 aromatic rings. The van der Waals surface area contributed by atoms with E-state index < -0.39 is 0 Å². The largest absolute Gasteiger partial charge is 0.495 e. The lowest BCUT2D eigenvalue weighted by atomic mass is 10.1. The van der Waals surface area contributed by atoms with Crippen molar-refractivity contribution >= 4 is 17.2 Å². The van der Waals surface area contributed by atoms with Gasteiger partial charge in [-0.05, 0) is 25.8 Å². The van der Waals surface area contributed by atoms with Crippen LogP contribution in [0.4, 0.5) is 0 Å². The normalized spacial score (nSPS) is 16.5. The zero-order valence-corrected chi connectivity index (χ0v) is 13.9. The molecule has 118 valence electrons. The maximum absolute atomic E-state index is 12.1. The lowest BCUT2D eigenvalue weighted by Crippen LogP contribution is -2.36. The molecule has 21 heavy (non-hydrogen) atoms. The average molecular weight is 310 g/mol. The van der Waals surface area contributed by atoms with E-state index in [2.05, 4.69) is 10.6 Å². The van der Waals surface area contributed by atoms with Gasteiger partial charge >= 0.3 is 0 Å². The summed E-state index contributed by atoms with van der Waals surface area (Å²) in [5.41, 5.74) is 0. The standard InChI is InChI=1S/C16H26N2O2S/c1-12-11-14(20-2)15(21-12)16(19)18-10-9-17-13-7-5-3-4-6-8-13/h11,13,17H,3-10H2,1-2H3,(H,18,19). The molecule has 0 aliphatic heterocycles. The summed E-state index contributed by atoms with van der Waals surface area (Å²) >= 11 is 1.48. The van der Waals surface area contributed by atoms with Crippen molar-refractivity contribution in [1.29, 1.82) is 0 Å². The quantitative estimate of drug-likeness (QED) is 0.627. The van der Waals surface area contributed by atoms with Crippen molar-refractivity contribution in [3.05, 3.63) is 15.8 Å². The van der Waals surface area contributed by atoms with Gasteiger partial charge in [-0.1, -0.05) is 25.7 Å². The molecule has 2 rings (SSSR count). The number of rotatable bonds is 6. The van der Waals surface area contributed by atoms with Crippen molar-refractivity contribution in [2.75, 3.05) is 20.2 Å². The fraction of sp³-hybridized carbons (Fsp3) is 0.688. The summed E-state index contributed by atoms with van der Waals surface area (Å²) < 4.78 is 5.24. The number of amides is 1. The molecular weight excluding hydrogens is 284 g/mol. The predicted octanol–water partition coefficient (Wildman–Crippen LogP) is 3.11. The number of methoxy groups -OCH3 is 1. The summed E-state index contributed by atoms with van der Waals surface area (Å²) in [6.07, 6.45) is 7.93. The molecule has 2 N–H and O–H groups in total. The van der Waals surface area contributed by atoms with Crippen LogP contribution in [0.15, 0.2) is 6.07 Å². The molecule has 0 radical (unpaired) electrons. The van der Waals surface area contributed by atoms with E-state index in [-0.39, 0.29) is 5.91 Å². The first-order valence-electron chi connectivity index (χ1n) is 7.86. The van der Waals surface area contributed by atoms with Crippen molar-refractivity contribution < 1.29 is 9.53 Å². The third kappa shape index (κ3) is 5.00. The second kappa shape index (κ2) is 8.39. The van der Waals surface area contributed by atoms with E-state index in [1.807, 2.05) is 13.0 Å². The molecular formula is C16H26N2O2S. The van der Waals surface area contributed by atoms with Gasteiger partial charge in [-0.3, -0.25) is 4.79 Å². The lowest BCUT2D eigenvalue weighted by molar-refractivity contribution is 0.0955. The first kappa shape index (κ1) is 16.3. The van der Waals surface area contributed by atoms with Gasteiger partial charge in [0.15, 0.2) is 0 Å². The number of aryl methyl sites for hydroxylation is 1. The topological polar surface area (TPSA) is 50.4 Å². The second-order valence-corrected chi connectivity index (χ2v) is 6.91. The zero-order valence-electron chi connectivity index (χ0n) is 13.0. The van der Waals surface area contributed by atoms with Crippen LogP contribution < -0.4 is 15.4 Å². The second-order valence-electron chi connectivity index (χ2n) is 5.65. The van der Waals surface area contributed by atoms with Crippen LogP contribution in [0.5, 0.6) is 5.75 Å². The summed E-state index contributed by atoms with van der Waals surface area (Å²) in [6.45, 7) is 3.48. The van der Waals surface area contributed by atoms with Gasteiger partial charge in [0.2, 0.25) is 0 Å². The van der Waals surface area contributed by atoms with Gasteiger partial charge in [0.1, 0.15) is 10.6 Å². The minimum Gasteiger partial charge on any atom is -0.495 e. The highest BCUT2D eigenvalue weighted by molar-refractivity contribution is 7.14. The molecule has 1 amide bonds. The van der Waals surface area contributed by atoms with E-state index in [0.717, 1.165) is 11.4 Å². The highest BCUT2D eigenvalue weighted by Crippen LogP contribution is 2.28. The predicted molar refractivity (Wildman–Crippen MR) is 87.4 cm³/mol. The van der Waals surface area contributed by atoms with Crippen LogP contribution in [-0.4, -0.2) is 32.1 Å². The Labute approximate surface area is 131 Å². The van der Waals surface area contributed by atoms with Crippen LogP contribution in [0.1, 0.15) is 53.1 Å². The third-order valence-electron chi connectivity index (χ3n) is 3.95. The molecule has 1 saturated carbocycles. The zero-order chi connectivity index (χ0) is 15.1. The Morgan fingerprint density at radius 2 is 2.00 bits per heavy atom. The van der Waals surface area contributed by atoms with Crippen molar-refractivity contribution in [3.8, 4) is 5.75 Å². The van der Waals surface area contributed by atoms with Gasteiger partial charge in [-0.15, -0.1) is 11.3 Å². The van der Waals surface area contributed by atoms with E-state index in [1.165, 1.54) is 49.9 Å². The Bertz CT molecular complexity index is 451. The van der Waals surface area contributed by atoms with Crippen LogP contribution in [0.25, 0.3) is 0 Å². The Kier molecular flexibility index (Phi) is 6.51. The van der Waals surface area contributed by atoms with Crippen molar-refractivity contribution in [3.63, 3.8) is 0 Å². The van der Waals surface area contributed by atoms with Crippen LogP contribution in [0.3, 0.4) is 0 Å². The summed E-state index contributed by atoms with van der Waals surface area (Å²) in [7, 11) is 1.60. The first-order chi connectivity index (χ1) is 10.2. The fourth-order valence-corrected chi connectivity index (χ4v) is 3.71. The van der Waals surface area contributed by atoms with Gasteiger partial charge < -0.3 is 15.4 Å². The maximum Gasteiger partial charge on any atom is 0.265 e. The van der Waals surface area contributed by atoms with E-state index in [9.17, 15) is 4.79 Å². The number of hydrogen-bond donors (Lipinski definition) is 2. The average Bonchev–Trinajstić information content (AvgIpc) is 2.69. The van der Waals surface area contributed by atoms with Crippen LogP contribution in [0.2, 0.25) is 0 Å². The van der Waals surface area contributed by atoms with Gasteiger partial charge in [0.05, 0.1) is 7.11 Å². The van der Waals surface area contributed by atoms with Crippen LogP contribution >= 0.6 is 11.3 Å². The number of ether oxygens (including phenoxy) is 1. The van der Waals surface area contributed by atoms with E-state index in [0.29, 0.717) is 23.2 Å². The van der Waals surface area contributed by atoms with Crippen LogP contribution in [0, 0.1) is 6.92 Å². The van der Waals surface area contributed by atoms with Crippen molar-refractivity contribution in [2.45, 2.75) is 51.5 Å². The molecule has 1 heterocycles. The number of nitrogens with one attached hydrogen (secondary N) is 2. The molecule has 0 bridgehead atoms. The summed E-state index contributed by atoms with van der Waals surface area (Å²) in [5.74, 6) is 0.638. The fourth-order valence-electron chi connectivity index (χ4n) is 2.82. The lowest BCUT2D eigenvalue weighted by Gasteiger charge is -2.16. The minimum atomic E-state index is -0.0346. The van der Waals surface area contributed by atoms with E-state index in [1.54, 1.807) is 7.11 Å². The Balaban J connectivity index is 1.71. The van der Waals surface area contributed by atoms with E-state index >= 15 is 0 Å². The first-order valence-corrected chi connectivity index (χ1v) is 8.68. The molecule has 5 heteroatoms. The molecule has 0 saturated heterocycles. The van der Waals surface area contributed by atoms with Gasteiger partial charge in [0, 0.05) is 24.0 Å². The maximum atomic E-state index is 12.1. The number of carbonyl (C=O) groups is 1. The summed E-state index contributed by atoms with van der Waals surface area (Å²) in [6, 6.07) is 2.53. The Morgan fingerprint density at radius 1 is 1.29 bits per heavy atom. The van der Waals surface area contributed by atoms with Gasteiger partial charge in [0.25, 0.3) is 5.91 Å². The summed E-state index contributed by atoms with van der Waals surface area (Å²) in [4.78, 5) is 13.9. The molecule has 1 aliphatic carbocycles. The number of thiophene rings is 1. The summed E-state index contributed by atoms with van der Waals surface area (Å²) in [5, 5.41) is 6.53. The number of hydrogen-bond acceptors (Lipinski definition) is 4. The molecule has 0 unspecified atom stereocenters. The Hall–Kier alpha value is -1.07. The van der Waals surface area contributed by atoms with Crippen molar-refractivity contribution in [1.82, 2.24) is 10.6 Å². The van der Waals surface area contributed by atoms with Gasteiger partial charge in [-0.2, -0.15) is 0 Å². The van der Waals surface area contributed by atoms with Crippen LogP contribution in [-0.2, 0) is 0 Å². The molecule has 4 nitrogen and oxygen atoms in total. The third-order valence-corrected chi connectivity index (χ3v) is 4.98.